The molecule has 0 spiro atoms. The van der Waals surface area contributed by atoms with Gasteiger partial charge in [0.25, 0.3) is 0 Å². The molecular weight excluding hydrogens is 342 g/mol. The maximum Gasteiger partial charge on any atom is 0.315 e. The van der Waals surface area contributed by atoms with Gasteiger partial charge in [-0.25, -0.2) is 9.78 Å². The van der Waals surface area contributed by atoms with E-state index in [-0.39, 0.29) is 12.1 Å². The van der Waals surface area contributed by atoms with Gasteiger partial charge in [-0.1, -0.05) is 42.8 Å². The predicted molar refractivity (Wildman–Crippen MR) is 99.5 cm³/mol. The fraction of sp³-hybridized carbons (Fsp3) is 0.222. The maximum absolute atomic E-state index is 12.2. The molecule has 24 heavy (non-hydrogen) atoms. The van der Waals surface area contributed by atoms with Gasteiger partial charge in [-0.2, -0.15) is 0 Å². The Morgan fingerprint density at radius 1 is 1.21 bits per heavy atom. The molecule has 3 aromatic rings. The summed E-state index contributed by atoms with van der Waals surface area (Å²) in [4.78, 5) is 16.7. The Morgan fingerprint density at radius 3 is 2.67 bits per heavy atom. The number of nitrogens with one attached hydrogen (secondary N) is 2. The molecular formula is C18H18ClN3OS. The van der Waals surface area contributed by atoms with E-state index in [1.54, 1.807) is 11.3 Å². The van der Waals surface area contributed by atoms with Gasteiger partial charge in [0.05, 0.1) is 22.8 Å². The summed E-state index contributed by atoms with van der Waals surface area (Å²) in [6.45, 7) is 2.45. The number of hydrogen-bond acceptors (Lipinski definition) is 3. The lowest BCUT2D eigenvalue weighted by molar-refractivity contribution is 0.236. The monoisotopic (exact) mass is 359 g/mol. The Kier molecular flexibility index (Phi) is 5.33. The normalized spacial score (nSPS) is 12.1. The van der Waals surface area contributed by atoms with E-state index in [9.17, 15) is 4.79 Å². The van der Waals surface area contributed by atoms with E-state index in [1.165, 1.54) is 0 Å². The topological polar surface area (TPSA) is 54.0 Å². The molecule has 3 rings (SSSR count). The predicted octanol–water partition coefficient (Wildman–Crippen LogP) is 4.90. The van der Waals surface area contributed by atoms with Gasteiger partial charge in [0.1, 0.15) is 5.01 Å². The lowest BCUT2D eigenvalue weighted by Crippen LogP contribution is -2.37. The number of urea groups is 1. The first-order chi connectivity index (χ1) is 11.7. The fourth-order valence-corrected chi connectivity index (χ4v) is 3.51. The van der Waals surface area contributed by atoms with Gasteiger partial charge in [-0.15, -0.1) is 11.3 Å². The van der Waals surface area contributed by atoms with Crippen molar-refractivity contribution in [2.75, 3.05) is 0 Å². The van der Waals surface area contributed by atoms with Crippen molar-refractivity contribution in [3.63, 3.8) is 0 Å². The van der Waals surface area contributed by atoms with Crippen LogP contribution in [-0.2, 0) is 6.54 Å². The highest BCUT2D eigenvalue weighted by Gasteiger charge is 2.13. The summed E-state index contributed by atoms with van der Waals surface area (Å²) in [5, 5.41) is 7.45. The van der Waals surface area contributed by atoms with E-state index in [0.29, 0.717) is 11.6 Å². The summed E-state index contributed by atoms with van der Waals surface area (Å²) in [7, 11) is 0. The first-order valence-corrected chi connectivity index (χ1v) is 8.99. The molecule has 6 heteroatoms. The minimum absolute atomic E-state index is 0.0439. The zero-order valence-electron chi connectivity index (χ0n) is 13.3. The lowest BCUT2D eigenvalue weighted by Gasteiger charge is -2.17. The molecule has 124 valence electrons. The molecule has 2 amide bonds. The first kappa shape index (κ1) is 16.7. The summed E-state index contributed by atoms with van der Waals surface area (Å²) < 4.78 is 1.13. The molecule has 0 aliphatic rings. The van der Waals surface area contributed by atoms with Gasteiger partial charge in [0.2, 0.25) is 0 Å². The standard InChI is InChI=1S/C18H18ClN3OS/c1-2-14(12-7-9-13(19)10-8-12)22-18(23)20-11-17-21-15-5-3-4-6-16(15)24-17/h3-10,14H,2,11H2,1H3,(H2,20,22,23). The molecule has 2 N–H and O–H groups in total. The molecule has 1 aromatic heterocycles. The summed E-state index contributed by atoms with van der Waals surface area (Å²) >= 11 is 7.50. The third-order valence-electron chi connectivity index (χ3n) is 3.72. The van der Waals surface area contributed by atoms with E-state index < -0.39 is 0 Å². The summed E-state index contributed by atoms with van der Waals surface area (Å²) in [6, 6.07) is 15.3. The number of thiazole rings is 1. The number of fused-ring (bicyclic) bond motifs is 1. The van der Waals surface area contributed by atoms with Crippen LogP contribution in [0.15, 0.2) is 48.5 Å². The second-order valence-electron chi connectivity index (χ2n) is 5.41. The Morgan fingerprint density at radius 2 is 1.96 bits per heavy atom. The molecule has 4 nitrogen and oxygen atoms in total. The maximum atomic E-state index is 12.2. The average Bonchev–Trinajstić information content (AvgIpc) is 3.02. The number of halogens is 1. The zero-order chi connectivity index (χ0) is 16.9. The van der Waals surface area contributed by atoms with E-state index >= 15 is 0 Å². The van der Waals surface area contributed by atoms with Gasteiger partial charge >= 0.3 is 6.03 Å². The van der Waals surface area contributed by atoms with Crippen LogP contribution in [0.4, 0.5) is 4.79 Å². The number of para-hydroxylation sites is 1. The quantitative estimate of drug-likeness (QED) is 0.680. The molecule has 1 unspecified atom stereocenters. The van der Waals surface area contributed by atoms with Crippen molar-refractivity contribution in [1.82, 2.24) is 15.6 Å². The molecule has 0 saturated heterocycles. The van der Waals surface area contributed by atoms with Crippen LogP contribution < -0.4 is 10.6 Å². The molecule has 1 atom stereocenters. The molecule has 0 aliphatic heterocycles. The van der Waals surface area contributed by atoms with Crippen molar-refractivity contribution < 1.29 is 4.79 Å². The van der Waals surface area contributed by atoms with Crippen LogP contribution in [0.25, 0.3) is 10.2 Å². The fourth-order valence-electron chi connectivity index (χ4n) is 2.48. The van der Waals surface area contributed by atoms with E-state index in [1.807, 2.05) is 55.5 Å². The van der Waals surface area contributed by atoms with E-state index in [2.05, 4.69) is 15.6 Å². The van der Waals surface area contributed by atoms with Gasteiger partial charge in [-0.05, 0) is 36.2 Å². The van der Waals surface area contributed by atoms with Crippen LogP contribution in [-0.4, -0.2) is 11.0 Å². The molecule has 2 aromatic carbocycles. The number of carbonyl (C=O) groups excluding carboxylic acids is 1. The third kappa shape index (κ3) is 4.04. The van der Waals surface area contributed by atoms with Crippen LogP contribution in [0.1, 0.15) is 30.0 Å². The van der Waals surface area contributed by atoms with Crippen LogP contribution in [0.5, 0.6) is 0 Å². The molecule has 0 bridgehead atoms. The molecule has 0 fully saturated rings. The zero-order valence-corrected chi connectivity index (χ0v) is 14.8. The van der Waals surface area contributed by atoms with Crippen molar-refractivity contribution in [3.8, 4) is 0 Å². The number of nitrogens with zero attached hydrogens (tertiary/aromatic N) is 1. The molecule has 0 aliphatic carbocycles. The number of hydrogen-bond donors (Lipinski definition) is 2. The minimum Gasteiger partial charge on any atom is -0.332 e. The Hall–Kier alpha value is -2.11. The van der Waals surface area contributed by atoms with Gasteiger partial charge < -0.3 is 10.6 Å². The highest BCUT2D eigenvalue weighted by Crippen LogP contribution is 2.21. The number of amides is 2. The minimum atomic E-state index is -0.198. The van der Waals surface area contributed by atoms with Crippen molar-refractivity contribution in [3.05, 3.63) is 64.1 Å². The van der Waals surface area contributed by atoms with Gasteiger partial charge in [-0.3, -0.25) is 0 Å². The van der Waals surface area contributed by atoms with Crippen molar-refractivity contribution in [1.29, 1.82) is 0 Å². The largest absolute Gasteiger partial charge is 0.332 e. The molecule has 0 saturated carbocycles. The molecule has 0 radical (unpaired) electrons. The van der Waals surface area contributed by atoms with Crippen LogP contribution in [0.3, 0.4) is 0 Å². The molecule has 1 heterocycles. The highest BCUT2D eigenvalue weighted by molar-refractivity contribution is 7.18. The summed E-state index contributed by atoms with van der Waals surface area (Å²) in [5.74, 6) is 0. The SMILES string of the molecule is CCC(NC(=O)NCc1nc2ccccc2s1)c1ccc(Cl)cc1. The third-order valence-corrected chi connectivity index (χ3v) is 5.01. The average molecular weight is 360 g/mol. The van der Waals surface area contributed by atoms with Crippen molar-refractivity contribution >= 4 is 39.2 Å². The lowest BCUT2D eigenvalue weighted by atomic mass is 10.1. The first-order valence-electron chi connectivity index (χ1n) is 7.80. The number of aromatic nitrogens is 1. The Bertz CT molecular complexity index is 799. The second-order valence-corrected chi connectivity index (χ2v) is 6.97. The van der Waals surface area contributed by atoms with Crippen LogP contribution in [0, 0.1) is 0 Å². The van der Waals surface area contributed by atoms with E-state index in [0.717, 1.165) is 27.2 Å². The number of benzene rings is 2. The summed E-state index contributed by atoms with van der Waals surface area (Å²) in [5.41, 5.74) is 2.00. The van der Waals surface area contributed by atoms with Crippen LogP contribution >= 0.6 is 22.9 Å². The number of rotatable bonds is 5. The van der Waals surface area contributed by atoms with Crippen LogP contribution in [0.2, 0.25) is 5.02 Å². The highest BCUT2D eigenvalue weighted by atomic mass is 35.5. The summed E-state index contributed by atoms with van der Waals surface area (Å²) in [6.07, 6.45) is 0.802. The number of carbonyl (C=O) groups is 1. The van der Waals surface area contributed by atoms with Gasteiger partial charge in [0, 0.05) is 5.02 Å². The van der Waals surface area contributed by atoms with Gasteiger partial charge in [0.15, 0.2) is 0 Å². The van der Waals surface area contributed by atoms with Crippen molar-refractivity contribution in [2.45, 2.75) is 25.9 Å². The smallest absolute Gasteiger partial charge is 0.315 e. The Balaban J connectivity index is 1.58. The van der Waals surface area contributed by atoms with E-state index in [4.69, 9.17) is 11.6 Å². The Labute approximate surface area is 149 Å². The van der Waals surface area contributed by atoms with Crippen molar-refractivity contribution in [2.24, 2.45) is 0 Å². The second kappa shape index (κ2) is 7.64.